The van der Waals surface area contributed by atoms with E-state index in [2.05, 4.69) is 20.8 Å². The van der Waals surface area contributed by atoms with Crippen LogP contribution in [-0.2, 0) is 10.1 Å². The van der Waals surface area contributed by atoms with E-state index in [0.717, 1.165) is 30.8 Å². The lowest BCUT2D eigenvalue weighted by atomic mass is 10.1. The van der Waals surface area contributed by atoms with Gasteiger partial charge in [-0.25, -0.2) is 0 Å². The molecule has 5 nitrogen and oxygen atoms in total. The maximum Gasteiger partial charge on any atom is 0.271 e. The predicted octanol–water partition coefficient (Wildman–Crippen LogP) is 2.47. The van der Waals surface area contributed by atoms with Gasteiger partial charge in [-0.1, -0.05) is 15.9 Å². The summed E-state index contributed by atoms with van der Waals surface area (Å²) in [4.78, 5) is 12.8. The van der Waals surface area contributed by atoms with Crippen molar-refractivity contribution in [2.45, 2.75) is 23.9 Å². The highest BCUT2D eigenvalue weighted by molar-refractivity contribution is 9.08. The molecule has 0 amide bonds. The standard InChI is InChI=1S/C12H13BrN2O3/c13-5-8-1-9(3-10(2-8)15(16)17)14-6-12-4-11(14)7-18-12/h1-3,11-12H,4-7H2/t11-,12-/m0/s1. The normalized spacial score (nSPS) is 25.7. The van der Waals surface area contributed by atoms with Gasteiger partial charge < -0.3 is 9.64 Å². The van der Waals surface area contributed by atoms with E-state index in [0.29, 0.717) is 17.5 Å². The Balaban J connectivity index is 1.96. The maximum absolute atomic E-state index is 10.9. The van der Waals surface area contributed by atoms with Gasteiger partial charge in [-0.05, 0) is 18.1 Å². The summed E-state index contributed by atoms with van der Waals surface area (Å²) in [7, 11) is 0. The van der Waals surface area contributed by atoms with Crippen molar-refractivity contribution in [3.05, 3.63) is 33.9 Å². The van der Waals surface area contributed by atoms with Gasteiger partial charge in [-0.2, -0.15) is 0 Å². The van der Waals surface area contributed by atoms with Crippen molar-refractivity contribution >= 4 is 27.3 Å². The second-order valence-corrected chi connectivity index (χ2v) is 5.31. The average molecular weight is 313 g/mol. The van der Waals surface area contributed by atoms with Crippen molar-refractivity contribution in [3.8, 4) is 0 Å². The third-order valence-electron chi connectivity index (χ3n) is 3.56. The Bertz CT molecular complexity index is 494. The first-order valence-electron chi connectivity index (χ1n) is 5.90. The van der Waals surface area contributed by atoms with Crippen molar-refractivity contribution in [2.75, 3.05) is 18.1 Å². The van der Waals surface area contributed by atoms with Crippen molar-refractivity contribution < 1.29 is 9.66 Å². The molecule has 18 heavy (non-hydrogen) atoms. The van der Waals surface area contributed by atoms with Gasteiger partial charge in [0.1, 0.15) is 0 Å². The number of fused-ring (bicyclic) bond motifs is 2. The molecule has 2 bridgehead atoms. The first kappa shape index (κ1) is 11.9. The summed E-state index contributed by atoms with van der Waals surface area (Å²) in [5, 5.41) is 11.6. The molecule has 2 aliphatic rings. The second-order valence-electron chi connectivity index (χ2n) is 4.75. The Kier molecular flexibility index (Phi) is 2.99. The number of nitro groups is 1. The number of ether oxygens (including phenoxy) is 1. The molecule has 0 aliphatic carbocycles. The SMILES string of the molecule is O=[N+]([O-])c1cc(CBr)cc(N2C[C@@H]3C[C@H]2CO3)c1. The van der Waals surface area contributed by atoms with Crippen LogP contribution in [0, 0.1) is 10.1 Å². The molecule has 6 heteroatoms. The van der Waals surface area contributed by atoms with Gasteiger partial charge in [0.15, 0.2) is 0 Å². The largest absolute Gasteiger partial charge is 0.374 e. The van der Waals surface area contributed by atoms with Crippen LogP contribution in [0.5, 0.6) is 0 Å². The Hall–Kier alpha value is -1.14. The fourth-order valence-electron chi connectivity index (χ4n) is 2.72. The van der Waals surface area contributed by atoms with E-state index in [4.69, 9.17) is 4.74 Å². The first-order valence-corrected chi connectivity index (χ1v) is 7.02. The minimum Gasteiger partial charge on any atom is -0.374 e. The van der Waals surface area contributed by atoms with Crippen LogP contribution in [0.4, 0.5) is 11.4 Å². The van der Waals surface area contributed by atoms with Crippen molar-refractivity contribution in [2.24, 2.45) is 0 Å². The fraction of sp³-hybridized carbons (Fsp3) is 0.500. The number of rotatable bonds is 3. The van der Waals surface area contributed by atoms with Crippen LogP contribution in [0.15, 0.2) is 18.2 Å². The first-order chi connectivity index (χ1) is 8.67. The lowest BCUT2D eigenvalue weighted by Crippen LogP contribution is -2.36. The lowest BCUT2D eigenvalue weighted by Gasteiger charge is -2.29. The molecule has 0 N–H and O–H groups in total. The molecule has 0 unspecified atom stereocenters. The monoisotopic (exact) mass is 312 g/mol. The molecule has 2 atom stereocenters. The average Bonchev–Trinajstić information content (AvgIpc) is 3.00. The van der Waals surface area contributed by atoms with Gasteiger partial charge in [-0.15, -0.1) is 0 Å². The third-order valence-corrected chi connectivity index (χ3v) is 4.21. The molecule has 3 rings (SSSR count). The highest BCUT2D eigenvalue weighted by Gasteiger charge is 2.39. The maximum atomic E-state index is 10.9. The minimum atomic E-state index is -0.333. The van der Waals surface area contributed by atoms with Gasteiger partial charge in [-0.3, -0.25) is 10.1 Å². The van der Waals surface area contributed by atoms with E-state index in [1.54, 1.807) is 12.1 Å². The van der Waals surface area contributed by atoms with Gasteiger partial charge in [0.2, 0.25) is 0 Å². The second kappa shape index (κ2) is 4.51. The van der Waals surface area contributed by atoms with Gasteiger partial charge in [0.25, 0.3) is 5.69 Å². The summed E-state index contributed by atoms with van der Waals surface area (Å²) in [6, 6.07) is 5.67. The van der Waals surface area contributed by atoms with Crippen LogP contribution in [0.25, 0.3) is 0 Å². The zero-order chi connectivity index (χ0) is 12.7. The Morgan fingerprint density at radius 2 is 2.33 bits per heavy atom. The molecule has 2 fully saturated rings. The van der Waals surface area contributed by atoms with Gasteiger partial charge >= 0.3 is 0 Å². The molecule has 96 valence electrons. The number of nitro benzene ring substituents is 1. The van der Waals surface area contributed by atoms with Gasteiger partial charge in [0, 0.05) is 29.7 Å². The van der Waals surface area contributed by atoms with E-state index < -0.39 is 0 Å². The van der Waals surface area contributed by atoms with Crippen LogP contribution >= 0.6 is 15.9 Å². The highest BCUT2D eigenvalue weighted by atomic mass is 79.9. The molecule has 1 aromatic rings. The number of hydrogen-bond donors (Lipinski definition) is 0. The van der Waals surface area contributed by atoms with E-state index in [1.165, 1.54) is 0 Å². The van der Waals surface area contributed by atoms with E-state index in [-0.39, 0.29) is 10.6 Å². The van der Waals surface area contributed by atoms with E-state index >= 15 is 0 Å². The summed E-state index contributed by atoms with van der Waals surface area (Å²) >= 11 is 3.36. The van der Waals surface area contributed by atoms with Gasteiger partial charge in [0.05, 0.1) is 23.7 Å². The number of morpholine rings is 1. The van der Waals surface area contributed by atoms with Crippen LogP contribution in [0.3, 0.4) is 0 Å². The summed E-state index contributed by atoms with van der Waals surface area (Å²) in [6.07, 6.45) is 1.33. The molecule has 0 saturated carbocycles. The molecule has 0 spiro atoms. The Morgan fingerprint density at radius 1 is 1.50 bits per heavy atom. The topological polar surface area (TPSA) is 55.6 Å². The molecule has 2 heterocycles. The number of non-ortho nitro benzene ring substituents is 1. The highest BCUT2D eigenvalue weighted by Crippen LogP contribution is 2.35. The minimum absolute atomic E-state index is 0.158. The molecule has 0 aromatic heterocycles. The molecular formula is C12H13BrN2O3. The summed E-state index contributed by atoms with van der Waals surface area (Å²) in [5.74, 6) is 0. The van der Waals surface area contributed by atoms with Crippen LogP contribution in [0.1, 0.15) is 12.0 Å². The quantitative estimate of drug-likeness (QED) is 0.489. The third kappa shape index (κ3) is 1.99. The summed E-state index contributed by atoms with van der Waals surface area (Å²) < 4.78 is 5.55. The summed E-state index contributed by atoms with van der Waals surface area (Å²) in [5.41, 5.74) is 2.03. The van der Waals surface area contributed by atoms with E-state index in [1.807, 2.05) is 6.07 Å². The van der Waals surface area contributed by atoms with E-state index in [9.17, 15) is 10.1 Å². The van der Waals surface area contributed by atoms with Crippen molar-refractivity contribution in [3.63, 3.8) is 0 Å². The zero-order valence-electron chi connectivity index (χ0n) is 9.71. The number of halogens is 1. The molecule has 1 aromatic carbocycles. The van der Waals surface area contributed by atoms with Crippen LogP contribution in [0.2, 0.25) is 0 Å². The predicted molar refractivity (Wildman–Crippen MR) is 71.2 cm³/mol. The van der Waals surface area contributed by atoms with Crippen molar-refractivity contribution in [1.82, 2.24) is 0 Å². The van der Waals surface area contributed by atoms with Crippen LogP contribution in [-0.4, -0.2) is 30.2 Å². The number of nitrogens with zero attached hydrogens (tertiary/aromatic N) is 2. The Labute approximate surface area is 113 Å². The number of hydrogen-bond acceptors (Lipinski definition) is 4. The summed E-state index contributed by atoms with van der Waals surface area (Å²) in [6.45, 7) is 1.57. The number of benzene rings is 1. The molecule has 0 radical (unpaired) electrons. The number of alkyl halides is 1. The number of anilines is 1. The van der Waals surface area contributed by atoms with Crippen molar-refractivity contribution in [1.29, 1.82) is 0 Å². The molecular weight excluding hydrogens is 300 g/mol. The van der Waals surface area contributed by atoms with Crippen LogP contribution < -0.4 is 4.90 Å². The molecule has 2 saturated heterocycles. The lowest BCUT2D eigenvalue weighted by molar-refractivity contribution is -0.384. The smallest absolute Gasteiger partial charge is 0.271 e. The molecule has 2 aliphatic heterocycles. The zero-order valence-corrected chi connectivity index (χ0v) is 11.3. The fourth-order valence-corrected chi connectivity index (χ4v) is 3.04. The Morgan fingerprint density at radius 3 is 2.89 bits per heavy atom.